The average molecular weight is 233 g/mol. The molecule has 0 saturated heterocycles. The maximum atomic E-state index is 6.47. The number of hydrogen-bond donors (Lipinski definition) is 1. The Balaban J connectivity index is 2.27. The van der Waals surface area contributed by atoms with Crippen LogP contribution in [0.4, 0.5) is 0 Å². The van der Waals surface area contributed by atoms with Gasteiger partial charge in [-0.05, 0) is 30.2 Å². The molecule has 2 nitrogen and oxygen atoms in total. The van der Waals surface area contributed by atoms with Crippen LogP contribution in [0.3, 0.4) is 0 Å². The standard InChI is InChI=1S/C15H23NO/c1-15(2)10-6-8-12(15)14(16)11-7-4-5-9-13(11)17-3/h4-5,7,9,12,14H,6,8,10,16H2,1-3H3. The Morgan fingerprint density at radius 1 is 1.35 bits per heavy atom. The van der Waals surface area contributed by atoms with Crippen molar-refractivity contribution < 1.29 is 4.74 Å². The van der Waals surface area contributed by atoms with Crippen molar-refractivity contribution in [1.29, 1.82) is 0 Å². The van der Waals surface area contributed by atoms with Crippen LogP contribution in [-0.4, -0.2) is 7.11 Å². The number of para-hydroxylation sites is 1. The van der Waals surface area contributed by atoms with Crippen molar-refractivity contribution >= 4 is 0 Å². The second kappa shape index (κ2) is 4.69. The number of benzene rings is 1. The van der Waals surface area contributed by atoms with E-state index < -0.39 is 0 Å². The first-order valence-electron chi connectivity index (χ1n) is 6.45. The molecule has 0 heterocycles. The smallest absolute Gasteiger partial charge is 0.123 e. The van der Waals surface area contributed by atoms with Crippen LogP contribution in [0.2, 0.25) is 0 Å². The number of rotatable bonds is 3. The highest BCUT2D eigenvalue weighted by molar-refractivity contribution is 5.36. The lowest BCUT2D eigenvalue weighted by Crippen LogP contribution is -2.29. The minimum absolute atomic E-state index is 0.0867. The molecule has 0 bridgehead atoms. The highest BCUT2D eigenvalue weighted by Crippen LogP contribution is 2.48. The Labute approximate surface area is 104 Å². The summed E-state index contributed by atoms with van der Waals surface area (Å²) in [6, 6.07) is 8.22. The van der Waals surface area contributed by atoms with Gasteiger partial charge >= 0.3 is 0 Å². The van der Waals surface area contributed by atoms with E-state index in [1.54, 1.807) is 7.11 Å². The van der Waals surface area contributed by atoms with Crippen LogP contribution in [0.15, 0.2) is 24.3 Å². The first-order valence-corrected chi connectivity index (χ1v) is 6.45. The van der Waals surface area contributed by atoms with Gasteiger partial charge in [0.2, 0.25) is 0 Å². The van der Waals surface area contributed by atoms with Crippen molar-refractivity contribution in [2.45, 2.75) is 39.2 Å². The van der Waals surface area contributed by atoms with Crippen LogP contribution in [0, 0.1) is 11.3 Å². The van der Waals surface area contributed by atoms with Gasteiger partial charge in [-0.15, -0.1) is 0 Å². The summed E-state index contributed by atoms with van der Waals surface area (Å²) in [7, 11) is 1.71. The quantitative estimate of drug-likeness (QED) is 0.867. The lowest BCUT2D eigenvalue weighted by molar-refractivity contribution is 0.219. The molecule has 2 N–H and O–H groups in total. The fraction of sp³-hybridized carbons (Fsp3) is 0.600. The molecule has 2 atom stereocenters. The summed E-state index contributed by atoms with van der Waals surface area (Å²) in [5.41, 5.74) is 7.97. The number of nitrogens with two attached hydrogens (primary N) is 1. The van der Waals surface area contributed by atoms with Crippen molar-refractivity contribution in [3.8, 4) is 5.75 Å². The van der Waals surface area contributed by atoms with Crippen LogP contribution >= 0.6 is 0 Å². The van der Waals surface area contributed by atoms with Gasteiger partial charge in [0, 0.05) is 11.6 Å². The van der Waals surface area contributed by atoms with Gasteiger partial charge in [0.25, 0.3) is 0 Å². The number of methoxy groups -OCH3 is 1. The molecule has 2 unspecified atom stereocenters. The molecule has 0 aromatic heterocycles. The third kappa shape index (κ3) is 2.32. The molecule has 17 heavy (non-hydrogen) atoms. The van der Waals surface area contributed by atoms with E-state index in [1.165, 1.54) is 19.3 Å². The highest BCUT2D eigenvalue weighted by Gasteiger charge is 2.39. The van der Waals surface area contributed by atoms with Crippen molar-refractivity contribution in [3.05, 3.63) is 29.8 Å². The van der Waals surface area contributed by atoms with E-state index in [9.17, 15) is 0 Å². The van der Waals surface area contributed by atoms with Crippen LogP contribution in [0.25, 0.3) is 0 Å². The second-order valence-electron chi connectivity index (χ2n) is 5.76. The topological polar surface area (TPSA) is 35.2 Å². The average Bonchev–Trinajstić information content (AvgIpc) is 2.68. The van der Waals surface area contributed by atoms with Gasteiger partial charge < -0.3 is 10.5 Å². The molecule has 0 amide bonds. The lowest BCUT2D eigenvalue weighted by atomic mass is 9.75. The minimum Gasteiger partial charge on any atom is -0.496 e. The number of hydrogen-bond acceptors (Lipinski definition) is 2. The molecule has 2 heteroatoms. The predicted octanol–water partition coefficient (Wildman–Crippen LogP) is 3.52. The summed E-state index contributed by atoms with van der Waals surface area (Å²) in [6.07, 6.45) is 3.80. The summed E-state index contributed by atoms with van der Waals surface area (Å²) in [4.78, 5) is 0. The zero-order valence-electron chi connectivity index (χ0n) is 11.1. The van der Waals surface area contributed by atoms with Crippen LogP contribution in [0.5, 0.6) is 5.75 Å². The van der Waals surface area contributed by atoms with Crippen molar-refractivity contribution in [2.24, 2.45) is 17.1 Å². The summed E-state index contributed by atoms with van der Waals surface area (Å²) >= 11 is 0. The van der Waals surface area contributed by atoms with E-state index in [1.807, 2.05) is 18.2 Å². The molecule has 2 rings (SSSR count). The molecule has 1 aliphatic rings. The summed E-state index contributed by atoms with van der Waals surface area (Å²) in [6.45, 7) is 4.67. The molecule has 1 saturated carbocycles. The lowest BCUT2D eigenvalue weighted by Gasteiger charge is -2.32. The van der Waals surface area contributed by atoms with Gasteiger partial charge in [0.1, 0.15) is 5.75 Å². The predicted molar refractivity (Wildman–Crippen MR) is 71.0 cm³/mol. The normalized spacial score (nSPS) is 24.6. The molecule has 1 aromatic carbocycles. The molecule has 1 fully saturated rings. The Bertz CT molecular complexity index is 386. The van der Waals surface area contributed by atoms with E-state index in [-0.39, 0.29) is 6.04 Å². The van der Waals surface area contributed by atoms with E-state index in [0.29, 0.717) is 11.3 Å². The van der Waals surface area contributed by atoms with Crippen molar-refractivity contribution in [3.63, 3.8) is 0 Å². The summed E-state index contributed by atoms with van der Waals surface area (Å²) < 4.78 is 5.41. The minimum atomic E-state index is 0.0867. The fourth-order valence-electron chi connectivity index (χ4n) is 3.18. The third-order valence-electron chi connectivity index (χ3n) is 4.27. The molecular formula is C15H23NO. The van der Waals surface area contributed by atoms with Gasteiger partial charge in [0.05, 0.1) is 7.11 Å². The Kier molecular flexibility index (Phi) is 3.43. The van der Waals surface area contributed by atoms with E-state index in [4.69, 9.17) is 10.5 Å². The summed E-state index contributed by atoms with van der Waals surface area (Å²) in [5.74, 6) is 1.47. The molecule has 1 aromatic rings. The van der Waals surface area contributed by atoms with Crippen molar-refractivity contribution in [2.75, 3.05) is 7.11 Å². The molecule has 0 aliphatic heterocycles. The van der Waals surface area contributed by atoms with Gasteiger partial charge in [-0.1, -0.05) is 38.5 Å². The van der Waals surface area contributed by atoms with Gasteiger partial charge in [-0.2, -0.15) is 0 Å². The molecular weight excluding hydrogens is 210 g/mol. The largest absolute Gasteiger partial charge is 0.496 e. The van der Waals surface area contributed by atoms with Crippen LogP contribution < -0.4 is 10.5 Å². The second-order valence-corrected chi connectivity index (χ2v) is 5.76. The van der Waals surface area contributed by atoms with Gasteiger partial charge in [0.15, 0.2) is 0 Å². The van der Waals surface area contributed by atoms with E-state index >= 15 is 0 Å². The monoisotopic (exact) mass is 233 g/mol. The highest BCUT2D eigenvalue weighted by atomic mass is 16.5. The molecule has 0 radical (unpaired) electrons. The van der Waals surface area contributed by atoms with Crippen LogP contribution in [0.1, 0.15) is 44.7 Å². The first kappa shape index (κ1) is 12.4. The zero-order valence-corrected chi connectivity index (χ0v) is 11.1. The van der Waals surface area contributed by atoms with E-state index in [2.05, 4.69) is 19.9 Å². The zero-order chi connectivity index (χ0) is 12.5. The Hall–Kier alpha value is -1.02. The Morgan fingerprint density at radius 3 is 2.65 bits per heavy atom. The molecule has 1 aliphatic carbocycles. The third-order valence-corrected chi connectivity index (χ3v) is 4.27. The maximum Gasteiger partial charge on any atom is 0.123 e. The van der Waals surface area contributed by atoms with Crippen molar-refractivity contribution in [1.82, 2.24) is 0 Å². The number of ether oxygens (including phenoxy) is 1. The Morgan fingerprint density at radius 2 is 2.06 bits per heavy atom. The van der Waals surface area contributed by atoms with Gasteiger partial charge in [-0.3, -0.25) is 0 Å². The maximum absolute atomic E-state index is 6.47. The van der Waals surface area contributed by atoms with E-state index in [0.717, 1.165) is 11.3 Å². The SMILES string of the molecule is COc1ccccc1C(N)C1CCCC1(C)C. The molecule has 94 valence electrons. The first-order chi connectivity index (χ1) is 8.06. The van der Waals surface area contributed by atoms with Gasteiger partial charge in [-0.25, -0.2) is 0 Å². The molecule has 0 spiro atoms. The fourth-order valence-corrected chi connectivity index (χ4v) is 3.18. The summed E-state index contributed by atoms with van der Waals surface area (Å²) in [5, 5.41) is 0. The van der Waals surface area contributed by atoms with Crippen LogP contribution in [-0.2, 0) is 0 Å².